The van der Waals surface area contributed by atoms with E-state index in [1.54, 1.807) is 4.90 Å². The molecular weight excluding hydrogens is 262 g/mol. The first-order valence-corrected chi connectivity index (χ1v) is 7.01. The largest absolute Gasteiger partial charge is 0.469 e. The van der Waals surface area contributed by atoms with Gasteiger partial charge in [0.15, 0.2) is 0 Å². The first kappa shape index (κ1) is 16.5. The molecule has 0 unspecified atom stereocenters. The van der Waals surface area contributed by atoms with E-state index in [1.807, 2.05) is 0 Å². The molecule has 1 rings (SSSR count). The zero-order valence-electron chi connectivity index (χ0n) is 12.2. The fraction of sp³-hybridized carbons (Fsp3) is 0.786. The summed E-state index contributed by atoms with van der Waals surface area (Å²) in [6.07, 6.45) is 5.05. The van der Waals surface area contributed by atoms with Gasteiger partial charge in [0.25, 0.3) is 0 Å². The molecule has 0 N–H and O–H groups in total. The van der Waals surface area contributed by atoms with Gasteiger partial charge < -0.3 is 14.4 Å². The molecule has 1 aliphatic carbocycles. The normalized spacial score (nSPS) is 15.5. The molecule has 1 aliphatic rings. The summed E-state index contributed by atoms with van der Waals surface area (Å²) in [5.41, 5.74) is 0. The van der Waals surface area contributed by atoms with Crippen LogP contribution in [0.3, 0.4) is 0 Å². The van der Waals surface area contributed by atoms with Gasteiger partial charge in [-0.05, 0) is 12.8 Å². The van der Waals surface area contributed by atoms with E-state index in [0.29, 0.717) is 6.54 Å². The van der Waals surface area contributed by atoms with Gasteiger partial charge in [0.05, 0.1) is 20.6 Å². The molecule has 0 aromatic carbocycles. The number of methoxy groups -OCH3 is 2. The summed E-state index contributed by atoms with van der Waals surface area (Å²) >= 11 is 0. The Balaban J connectivity index is 2.63. The van der Waals surface area contributed by atoms with Gasteiger partial charge in [-0.1, -0.05) is 19.3 Å². The van der Waals surface area contributed by atoms with Crippen LogP contribution in [0.15, 0.2) is 0 Å². The van der Waals surface area contributed by atoms with Crippen molar-refractivity contribution >= 4 is 17.8 Å². The molecule has 1 fully saturated rings. The Hall–Kier alpha value is -1.59. The lowest BCUT2D eigenvalue weighted by Crippen LogP contribution is -2.43. The minimum absolute atomic E-state index is 0.116. The van der Waals surface area contributed by atoms with Gasteiger partial charge in [0.2, 0.25) is 5.91 Å². The van der Waals surface area contributed by atoms with Crippen molar-refractivity contribution in [3.8, 4) is 0 Å². The van der Waals surface area contributed by atoms with E-state index >= 15 is 0 Å². The van der Waals surface area contributed by atoms with Crippen LogP contribution in [0.1, 0.15) is 44.9 Å². The van der Waals surface area contributed by atoms with E-state index in [4.69, 9.17) is 0 Å². The second-order valence-corrected chi connectivity index (χ2v) is 4.96. The average Bonchev–Trinajstić information content (AvgIpc) is 2.48. The lowest BCUT2D eigenvalue weighted by atomic mass is 9.94. The molecule has 0 aromatic rings. The van der Waals surface area contributed by atoms with E-state index in [1.165, 1.54) is 20.6 Å². The molecule has 20 heavy (non-hydrogen) atoms. The van der Waals surface area contributed by atoms with Crippen LogP contribution < -0.4 is 0 Å². The van der Waals surface area contributed by atoms with Crippen molar-refractivity contribution in [1.29, 1.82) is 0 Å². The Bertz CT molecular complexity index is 349. The van der Waals surface area contributed by atoms with Crippen LogP contribution in [-0.2, 0) is 23.9 Å². The highest BCUT2D eigenvalue weighted by molar-refractivity contribution is 5.94. The number of nitrogens with zero attached hydrogens (tertiary/aromatic N) is 1. The fourth-order valence-electron chi connectivity index (χ4n) is 2.51. The van der Waals surface area contributed by atoms with Crippen molar-refractivity contribution in [3.05, 3.63) is 0 Å². The molecule has 0 bridgehead atoms. The third-order valence-corrected chi connectivity index (χ3v) is 3.64. The smallest absolute Gasteiger partial charge is 0.315 e. The molecule has 0 aliphatic heterocycles. The van der Waals surface area contributed by atoms with Gasteiger partial charge in [-0.3, -0.25) is 14.4 Å². The number of rotatable bonds is 6. The van der Waals surface area contributed by atoms with E-state index in [2.05, 4.69) is 9.47 Å². The highest BCUT2D eigenvalue weighted by Crippen LogP contribution is 2.23. The average molecular weight is 285 g/mol. The molecule has 0 aromatic heterocycles. The SMILES string of the molecule is COC(=O)CCN(C(=O)CC(=O)OC)C1CCCCC1. The minimum atomic E-state index is -0.547. The van der Waals surface area contributed by atoms with Gasteiger partial charge >= 0.3 is 11.9 Å². The Morgan fingerprint density at radius 1 is 1.00 bits per heavy atom. The van der Waals surface area contributed by atoms with Crippen LogP contribution in [0.4, 0.5) is 0 Å². The van der Waals surface area contributed by atoms with E-state index in [9.17, 15) is 14.4 Å². The fourth-order valence-corrected chi connectivity index (χ4v) is 2.51. The van der Waals surface area contributed by atoms with Crippen LogP contribution in [0.2, 0.25) is 0 Å². The van der Waals surface area contributed by atoms with Crippen molar-refractivity contribution in [2.75, 3.05) is 20.8 Å². The zero-order chi connectivity index (χ0) is 15.0. The van der Waals surface area contributed by atoms with Crippen molar-refractivity contribution < 1.29 is 23.9 Å². The summed E-state index contributed by atoms with van der Waals surface area (Å²) in [7, 11) is 2.58. The van der Waals surface area contributed by atoms with E-state index < -0.39 is 5.97 Å². The van der Waals surface area contributed by atoms with E-state index in [0.717, 1.165) is 25.7 Å². The summed E-state index contributed by atoms with van der Waals surface area (Å²) in [5, 5.41) is 0. The molecule has 1 amide bonds. The van der Waals surface area contributed by atoms with Gasteiger partial charge in [0.1, 0.15) is 6.42 Å². The molecule has 0 atom stereocenters. The first-order chi connectivity index (χ1) is 9.58. The number of hydrogen-bond acceptors (Lipinski definition) is 5. The first-order valence-electron chi connectivity index (χ1n) is 7.01. The summed E-state index contributed by atoms with van der Waals surface area (Å²) < 4.78 is 9.13. The van der Waals surface area contributed by atoms with Crippen LogP contribution >= 0.6 is 0 Å². The second-order valence-electron chi connectivity index (χ2n) is 4.96. The summed E-state index contributed by atoms with van der Waals surface area (Å²) in [6, 6.07) is 0.116. The monoisotopic (exact) mass is 285 g/mol. The van der Waals surface area contributed by atoms with Crippen LogP contribution in [0, 0.1) is 0 Å². The number of amides is 1. The molecular formula is C14H23NO5. The van der Waals surface area contributed by atoms with Crippen molar-refractivity contribution in [3.63, 3.8) is 0 Å². The quantitative estimate of drug-likeness (QED) is 0.543. The maximum Gasteiger partial charge on any atom is 0.315 e. The predicted octanol–water partition coefficient (Wildman–Crippen LogP) is 1.27. The third-order valence-electron chi connectivity index (χ3n) is 3.64. The van der Waals surface area contributed by atoms with Gasteiger partial charge in [-0.25, -0.2) is 0 Å². The summed E-state index contributed by atoms with van der Waals surface area (Å²) in [4.78, 5) is 36.3. The molecule has 0 heterocycles. The lowest BCUT2D eigenvalue weighted by molar-refractivity contribution is -0.148. The number of carbonyl (C=O) groups is 3. The van der Waals surface area contributed by atoms with Crippen LogP contribution in [0.5, 0.6) is 0 Å². The Morgan fingerprint density at radius 2 is 1.60 bits per heavy atom. The maximum atomic E-state index is 12.2. The second kappa shape index (κ2) is 8.55. The zero-order valence-corrected chi connectivity index (χ0v) is 12.2. The summed E-state index contributed by atoms with van der Waals surface area (Å²) in [5.74, 6) is -1.17. The van der Waals surface area contributed by atoms with Crippen molar-refractivity contribution in [1.82, 2.24) is 4.90 Å². The standard InChI is InChI=1S/C14H23NO5/c1-19-13(17)8-9-15(11-6-4-3-5-7-11)12(16)10-14(18)20-2/h11H,3-10H2,1-2H3. The number of carbonyl (C=O) groups excluding carboxylic acids is 3. The van der Waals surface area contributed by atoms with Gasteiger partial charge in [-0.15, -0.1) is 0 Å². The highest BCUT2D eigenvalue weighted by Gasteiger charge is 2.27. The number of esters is 2. The molecule has 1 saturated carbocycles. The lowest BCUT2D eigenvalue weighted by Gasteiger charge is -2.34. The van der Waals surface area contributed by atoms with Crippen molar-refractivity contribution in [2.45, 2.75) is 51.0 Å². The van der Waals surface area contributed by atoms with Gasteiger partial charge in [0, 0.05) is 12.6 Å². The Labute approximate surface area is 119 Å². The molecule has 0 saturated heterocycles. The number of hydrogen-bond donors (Lipinski definition) is 0. The Morgan fingerprint density at radius 3 is 2.15 bits per heavy atom. The van der Waals surface area contributed by atoms with Crippen LogP contribution in [-0.4, -0.2) is 49.6 Å². The van der Waals surface area contributed by atoms with Crippen molar-refractivity contribution in [2.24, 2.45) is 0 Å². The molecule has 114 valence electrons. The Kier molecular flexibility index (Phi) is 7.04. The highest BCUT2D eigenvalue weighted by atomic mass is 16.5. The minimum Gasteiger partial charge on any atom is -0.469 e. The topological polar surface area (TPSA) is 72.9 Å². The molecule has 0 radical (unpaired) electrons. The van der Waals surface area contributed by atoms with Gasteiger partial charge in [-0.2, -0.15) is 0 Å². The summed E-state index contributed by atoms with van der Waals surface area (Å²) in [6.45, 7) is 0.299. The van der Waals surface area contributed by atoms with Crippen LogP contribution in [0.25, 0.3) is 0 Å². The third kappa shape index (κ3) is 5.19. The number of ether oxygens (including phenoxy) is 2. The molecule has 6 heteroatoms. The van der Waals surface area contributed by atoms with E-state index in [-0.39, 0.29) is 30.8 Å². The maximum absolute atomic E-state index is 12.2. The molecule has 0 spiro atoms. The molecule has 6 nitrogen and oxygen atoms in total. The predicted molar refractivity (Wildman–Crippen MR) is 71.9 cm³/mol.